The standard InChI is InChI=1S/C18H19N3O4/c1-13(2)14-7-9-16(10-8-14)25-12-18(22)20-19-11-15-5-3-4-6-17(15)21(23)24/h3-11,13H,12H2,1-2H3,(H,20,22). The lowest BCUT2D eigenvalue weighted by Gasteiger charge is -2.08. The minimum absolute atomic E-state index is 0.0815. The molecule has 0 atom stereocenters. The van der Waals surface area contributed by atoms with E-state index >= 15 is 0 Å². The number of hydrazone groups is 1. The Balaban J connectivity index is 1.85. The largest absolute Gasteiger partial charge is 0.484 e. The lowest BCUT2D eigenvalue weighted by molar-refractivity contribution is -0.385. The van der Waals surface area contributed by atoms with Gasteiger partial charge in [-0.15, -0.1) is 0 Å². The van der Waals surface area contributed by atoms with Gasteiger partial charge in [-0.25, -0.2) is 5.43 Å². The minimum Gasteiger partial charge on any atom is -0.484 e. The molecule has 2 rings (SSSR count). The SMILES string of the molecule is CC(C)c1ccc(OCC(=O)NN=Cc2ccccc2[N+](=O)[O-])cc1. The molecule has 0 aliphatic carbocycles. The van der Waals surface area contributed by atoms with Crippen LogP contribution in [0.25, 0.3) is 0 Å². The third-order valence-corrected chi connectivity index (χ3v) is 3.44. The quantitative estimate of drug-likeness (QED) is 0.475. The Morgan fingerprint density at radius 2 is 1.92 bits per heavy atom. The second kappa shape index (κ2) is 8.58. The van der Waals surface area contributed by atoms with Gasteiger partial charge in [0.1, 0.15) is 5.75 Å². The average Bonchev–Trinajstić information content (AvgIpc) is 2.60. The van der Waals surface area contributed by atoms with Crippen molar-refractivity contribution >= 4 is 17.8 Å². The summed E-state index contributed by atoms with van der Waals surface area (Å²) in [4.78, 5) is 22.1. The monoisotopic (exact) mass is 341 g/mol. The van der Waals surface area contributed by atoms with Crippen LogP contribution in [0.1, 0.15) is 30.9 Å². The molecule has 0 aliphatic rings. The summed E-state index contributed by atoms with van der Waals surface area (Å²) in [6.45, 7) is 3.99. The van der Waals surface area contributed by atoms with Crippen LogP contribution in [0, 0.1) is 10.1 Å². The van der Waals surface area contributed by atoms with Crippen LogP contribution in [0.15, 0.2) is 53.6 Å². The van der Waals surface area contributed by atoms with Crippen molar-refractivity contribution in [2.75, 3.05) is 6.61 Å². The van der Waals surface area contributed by atoms with E-state index in [1.54, 1.807) is 30.3 Å². The summed E-state index contributed by atoms with van der Waals surface area (Å²) in [7, 11) is 0. The van der Waals surface area contributed by atoms with E-state index in [1.807, 2.05) is 12.1 Å². The molecule has 0 spiro atoms. The zero-order valence-electron chi connectivity index (χ0n) is 14.0. The van der Waals surface area contributed by atoms with E-state index in [4.69, 9.17) is 4.74 Å². The number of hydrogen-bond acceptors (Lipinski definition) is 5. The molecule has 25 heavy (non-hydrogen) atoms. The highest BCUT2D eigenvalue weighted by Crippen LogP contribution is 2.18. The van der Waals surface area contributed by atoms with Crippen LogP contribution in [0.3, 0.4) is 0 Å². The van der Waals surface area contributed by atoms with Crippen LogP contribution >= 0.6 is 0 Å². The van der Waals surface area contributed by atoms with Gasteiger partial charge in [-0.2, -0.15) is 5.10 Å². The first-order valence-electron chi connectivity index (χ1n) is 7.75. The van der Waals surface area contributed by atoms with Gasteiger partial charge >= 0.3 is 0 Å². The second-order valence-corrected chi connectivity index (χ2v) is 5.62. The molecule has 0 aromatic heterocycles. The number of para-hydroxylation sites is 1. The summed E-state index contributed by atoms with van der Waals surface area (Å²) in [5, 5.41) is 14.6. The van der Waals surface area contributed by atoms with Gasteiger partial charge < -0.3 is 4.74 Å². The van der Waals surface area contributed by atoms with Crippen LogP contribution in [0.2, 0.25) is 0 Å². The Morgan fingerprint density at radius 1 is 1.24 bits per heavy atom. The van der Waals surface area contributed by atoms with Crippen molar-refractivity contribution in [3.05, 3.63) is 69.8 Å². The summed E-state index contributed by atoms with van der Waals surface area (Å²) in [6, 6.07) is 13.6. The lowest BCUT2D eigenvalue weighted by Crippen LogP contribution is -2.24. The molecule has 0 aliphatic heterocycles. The molecule has 0 unspecified atom stereocenters. The van der Waals surface area contributed by atoms with Crippen LogP contribution in [0.5, 0.6) is 5.75 Å². The lowest BCUT2D eigenvalue weighted by atomic mass is 10.0. The number of amides is 1. The summed E-state index contributed by atoms with van der Waals surface area (Å²) < 4.78 is 5.37. The van der Waals surface area contributed by atoms with E-state index in [0.29, 0.717) is 17.2 Å². The van der Waals surface area contributed by atoms with E-state index in [-0.39, 0.29) is 12.3 Å². The molecule has 7 nitrogen and oxygen atoms in total. The molecule has 0 heterocycles. The third kappa shape index (κ3) is 5.42. The molecule has 0 bridgehead atoms. The van der Waals surface area contributed by atoms with Crippen molar-refractivity contribution < 1.29 is 14.5 Å². The fourth-order valence-corrected chi connectivity index (χ4v) is 2.07. The predicted molar refractivity (Wildman–Crippen MR) is 94.9 cm³/mol. The van der Waals surface area contributed by atoms with Gasteiger partial charge in [-0.1, -0.05) is 38.1 Å². The van der Waals surface area contributed by atoms with Gasteiger partial charge in [0.2, 0.25) is 0 Å². The summed E-state index contributed by atoms with van der Waals surface area (Å²) >= 11 is 0. The molecular weight excluding hydrogens is 322 g/mol. The second-order valence-electron chi connectivity index (χ2n) is 5.62. The fourth-order valence-electron chi connectivity index (χ4n) is 2.07. The van der Waals surface area contributed by atoms with Crippen LogP contribution in [-0.2, 0) is 4.79 Å². The maximum Gasteiger partial charge on any atom is 0.278 e. The van der Waals surface area contributed by atoms with Crippen molar-refractivity contribution in [3.63, 3.8) is 0 Å². The molecule has 2 aromatic carbocycles. The van der Waals surface area contributed by atoms with E-state index in [2.05, 4.69) is 24.4 Å². The molecule has 0 fully saturated rings. The highest BCUT2D eigenvalue weighted by Gasteiger charge is 2.10. The van der Waals surface area contributed by atoms with Crippen LogP contribution in [0.4, 0.5) is 5.69 Å². The summed E-state index contributed by atoms with van der Waals surface area (Å²) in [6.07, 6.45) is 1.23. The summed E-state index contributed by atoms with van der Waals surface area (Å²) in [5.41, 5.74) is 3.69. The molecule has 130 valence electrons. The first-order chi connectivity index (χ1) is 12.0. The maximum atomic E-state index is 11.7. The molecule has 1 amide bonds. The van der Waals surface area contributed by atoms with Gasteiger partial charge in [0.15, 0.2) is 6.61 Å². The molecular formula is C18H19N3O4. The molecule has 0 radical (unpaired) electrons. The smallest absolute Gasteiger partial charge is 0.278 e. The molecule has 1 N–H and O–H groups in total. The molecule has 0 saturated heterocycles. The number of rotatable bonds is 7. The van der Waals surface area contributed by atoms with E-state index in [0.717, 1.165) is 0 Å². The number of nitrogens with one attached hydrogen (secondary N) is 1. The first kappa shape index (κ1) is 18.1. The Hall–Kier alpha value is -3.22. The predicted octanol–water partition coefficient (Wildman–Crippen LogP) is 3.25. The van der Waals surface area contributed by atoms with Crippen molar-refractivity contribution in [1.29, 1.82) is 0 Å². The zero-order chi connectivity index (χ0) is 18.2. The first-order valence-corrected chi connectivity index (χ1v) is 7.75. The van der Waals surface area contributed by atoms with Gasteiger partial charge in [-0.3, -0.25) is 14.9 Å². The number of benzene rings is 2. The van der Waals surface area contributed by atoms with Gasteiger partial charge in [0, 0.05) is 6.07 Å². The van der Waals surface area contributed by atoms with Gasteiger partial charge in [0.25, 0.3) is 11.6 Å². The number of ether oxygens (including phenoxy) is 1. The maximum absolute atomic E-state index is 11.7. The Labute approximate surface area is 145 Å². The van der Waals surface area contributed by atoms with Crippen LogP contribution in [-0.4, -0.2) is 23.7 Å². The number of carbonyl (C=O) groups is 1. The fraction of sp³-hybridized carbons (Fsp3) is 0.222. The van der Waals surface area contributed by atoms with Crippen molar-refractivity contribution in [3.8, 4) is 5.75 Å². The minimum atomic E-state index is -0.507. The average molecular weight is 341 g/mol. The van der Waals surface area contributed by atoms with Gasteiger partial charge in [0.05, 0.1) is 16.7 Å². The number of nitro groups is 1. The Bertz CT molecular complexity index is 770. The number of nitrogens with zero attached hydrogens (tertiary/aromatic N) is 2. The molecule has 0 saturated carbocycles. The topological polar surface area (TPSA) is 93.8 Å². The highest BCUT2D eigenvalue weighted by molar-refractivity contribution is 5.86. The van der Waals surface area contributed by atoms with E-state index in [1.165, 1.54) is 17.8 Å². The molecule has 7 heteroatoms. The number of nitro benzene ring substituents is 1. The molecule has 2 aromatic rings. The number of carbonyl (C=O) groups excluding carboxylic acids is 1. The Kier molecular flexibility index (Phi) is 6.22. The number of hydrogen-bond donors (Lipinski definition) is 1. The normalized spacial score (nSPS) is 10.8. The van der Waals surface area contributed by atoms with Gasteiger partial charge in [-0.05, 0) is 29.7 Å². The van der Waals surface area contributed by atoms with E-state index < -0.39 is 10.8 Å². The Morgan fingerprint density at radius 3 is 2.56 bits per heavy atom. The third-order valence-electron chi connectivity index (χ3n) is 3.44. The zero-order valence-corrected chi connectivity index (χ0v) is 14.0. The van der Waals surface area contributed by atoms with E-state index in [9.17, 15) is 14.9 Å². The van der Waals surface area contributed by atoms with Crippen molar-refractivity contribution in [2.24, 2.45) is 5.10 Å². The van der Waals surface area contributed by atoms with Crippen LogP contribution < -0.4 is 10.2 Å². The van der Waals surface area contributed by atoms with Crippen molar-refractivity contribution in [1.82, 2.24) is 5.43 Å². The van der Waals surface area contributed by atoms with Crippen molar-refractivity contribution in [2.45, 2.75) is 19.8 Å². The summed E-state index contributed by atoms with van der Waals surface area (Å²) in [5.74, 6) is 0.554. The highest BCUT2D eigenvalue weighted by atomic mass is 16.6.